The zero-order chi connectivity index (χ0) is 20.9. The van der Waals surface area contributed by atoms with Crippen LogP contribution in [0.3, 0.4) is 0 Å². The first-order chi connectivity index (χ1) is 13.9. The van der Waals surface area contributed by atoms with Gasteiger partial charge in [0.1, 0.15) is 5.75 Å². The Morgan fingerprint density at radius 3 is 2.59 bits per heavy atom. The molecule has 1 fully saturated rings. The van der Waals surface area contributed by atoms with E-state index in [0.29, 0.717) is 17.4 Å². The molecular weight excluding hydrogens is 388 g/mol. The van der Waals surface area contributed by atoms with Gasteiger partial charge in [0.2, 0.25) is 5.91 Å². The summed E-state index contributed by atoms with van der Waals surface area (Å²) in [5.74, 6) is 0.966. The van der Waals surface area contributed by atoms with Crippen LogP contribution in [-0.2, 0) is 14.8 Å². The molecule has 154 valence electrons. The number of para-hydroxylation sites is 2. The average Bonchev–Trinajstić information content (AvgIpc) is 2.72. The molecule has 0 aromatic heterocycles. The van der Waals surface area contributed by atoms with Crippen LogP contribution in [0, 0.1) is 5.92 Å². The van der Waals surface area contributed by atoms with Gasteiger partial charge >= 0.3 is 0 Å². The van der Waals surface area contributed by atoms with Crippen molar-refractivity contribution in [2.45, 2.75) is 24.7 Å². The number of anilines is 1. The van der Waals surface area contributed by atoms with Gasteiger partial charge in [0.25, 0.3) is 10.0 Å². The monoisotopic (exact) mass is 414 g/mol. The maximum atomic E-state index is 12.6. The lowest BCUT2D eigenvalue weighted by Crippen LogP contribution is -2.38. The maximum Gasteiger partial charge on any atom is 0.262 e. The zero-order valence-corrected chi connectivity index (χ0v) is 17.5. The number of hydrogen-bond acceptors (Lipinski definition) is 4. The topological polar surface area (TPSA) is 75.7 Å². The summed E-state index contributed by atoms with van der Waals surface area (Å²) in [4.78, 5) is 14.3. The Labute approximate surface area is 172 Å². The van der Waals surface area contributed by atoms with E-state index in [4.69, 9.17) is 4.74 Å². The largest absolute Gasteiger partial charge is 0.495 e. The van der Waals surface area contributed by atoms with Crippen molar-refractivity contribution in [1.82, 2.24) is 4.90 Å². The number of methoxy groups -OCH3 is 1. The fraction of sp³-hybridized carbons (Fsp3) is 0.318. The van der Waals surface area contributed by atoms with Crippen molar-refractivity contribution >= 4 is 27.7 Å². The molecule has 1 heterocycles. The Morgan fingerprint density at radius 2 is 1.90 bits per heavy atom. The molecule has 29 heavy (non-hydrogen) atoms. The van der Waals surface area contributed by atoms with Gasteiger partial charge in [-0.3, -0.25) is 9.52 Å². The molecule has 7 heteroatoms. The van der Waals surface area contributed by atoms with Gasteiger partial charge in [0, 0.05) is 19.2 Å². The fourth-order valence-corrected chi connectivity index (χ4v) is 4.42. The lowest BCUT2D eigenvalue weighted by Gasteiger charge is -2.30. The fourth-order valence-electron chi connectivity index (χ4n) is 3.35. The summed E-state index contributed by atoms with van der Waals surface area (Å²) in [6.07, 6.45) is 5.46. The average molecular weight is 415 g/mol. The molecule has 0 radical (unpaired) electrons. The Kier molecular flexibility index (Phi) is 6.59. The number of ether oxygens (including phenoxy) is 1. The minimum atomic E-state index is -3.75. The van der Waals surface area contributed by atoms with Crippen molar-refractivity contribution in [3.63, 3.8) is 0 Å². The minimum Gasteiger partial charge on any atom is -0.495 e. The van der Waals surface area contributed by atoms with Gasteiger partial charge in [-0.25, -0.2) is 8.42 Å². The lowest BCUT2D eigenvalue weighted by molar-refractivity contribution is -0.127. The minimum absolute atomic E-state index is 0.00825. The highest BCUT2D eigenvalue weighted by Gasteiger charge is 2.19. The van der Waals surface area contributed by atoms with Crippen molar-refractivity contribution < 1.29 is 17.9 Å². The van der Waals surface area contributed by atoms with E-state index in [-0.39, 0.29) is 10.8 Å². The van der Waals surface area contributed by atoms with Gasteiger partial charge in [-0.15, -0.1) is 0 Å². The number of nitrogens with one attached hydrogen (secondary N) is 1. The summed E-state index contributed by atoms with van der Waals surface area (Å²) in [5.41, 5.74) is 1.14. The van der Waals surface area contributed by atoms with Gasteiger partial charge in [0.05, 0.1) is 17.7 Å². The van der Waals surface area contributed by atoms with Crippen LogP contribution in [0.2, 0.25) is 0 Å². The van der Waals surface area contributed by atoms with Crippen LogP contribution in [0.5, 0.6) is 5.75 Å². The third-order valence-electron chi connectivity index (χ3n) is 4.93. The van der Waals surface area contributed by atoms with Crippen LogP contribution in [0.25, 0.3) is 6.08 Å². The van der Waals surface area contributed by atoms with Gasteiger partial charge in [0.15, 0.2) is 0 Å². The highest BCUT2D eigenvalue weighted by atomic mass is 32.2. The van der Waals surface area contributed by atoms with Crippen LogP contribution in [-0.4, -0.2) is 39.4 Å². The molecule has 2 aromatic rings. The first kappa shape index (κ1) is 20.9. The molecule has 1 aliphatic rings. The number of nitrogens with zero attached hydrogens (tertiary/aromatic N) is 1. The van der Waals surface area contributed by atoms with E-state index in [1.54, 1.807) is 48.6 Å². The number of hydrogen-bond donors (Lipinski definition) is 1. The van der Waals surface area contributed by atoms with E-state index in [2.05, 4.69) is 11.6 Å². The molecule has 1 saturated heterocycles. The molecule has 1 aliphatic heterocycles. The number of piperidine rings is 1. The van der Waals surface area contributed by atoms with Crippen LogP contribution < -0.4 is 9.46 Å². The van der Waals surface area contributed by atoms with Gasteiger partial charge in [-0.1, -0.05) is 31.2 Å². The smallest absolute Gasteiger partial charge is 0.262 e. The zero-order valence-electron chi connectivity index (χ0n) is 16.7. The van der Waals surface area contributed by atoms with Crippen molar-refractivity contribution in [3.8, 4) is 5.75 Å². The molecule has 0 bridgehead atoms. The maximum absolute atomic E-state index is 12.6. The molecule has 0 saturated carbocycles. The summed E-state index contributed by atoms with van der Waals surface area (Å²) in [7, 11) is -2.26. The van der Waals surface area contributed by atoms with Gasteiger partial charge in [-0.05, 0) is 54.7 Å². The number of rotatable bonds is 6. The molecule has 0 spiro atoms. The number of likely N-dealkylation sites (tertiary alicyclic amines) is 1. The Hall–Kier alpha value is -2.80. The molecule has 1 atom stereocenters. The molecule has 3 rings (SSSR count). The lowest BCUT2D eigenvalue weighted by atomic mass is 10.0. The molecule has 1 amide bonds. The molecule has 6 nitrogen and oxygen atoms in total. The first-order valence-corrected chi connectivity index (χ1v) is 11.1. The quantitative estimate of drug-likeness (QED) is 0.730. The highest BCUT2D eigenvalue weighted by Crippen LogP contribution is 2.26. The molecule has 1 N–H and O–H groups in total. The number of carbonyl (C=O) groups excluding carboxylic acids is 1. The second-order valence-corrected chi connectivity index (χ2v) is 8.92. The summed E-state index contributed by atoms with van der Waals surface area (Å²) >= 11 is 0. The predicted molar refractivity (Wildman–Crippen MR) is 114 cm³/mol. The van der Waals surface area contributed by atoms with Crippen LogP contribution in [0.1, 0.15) is 25.3 Å². The molecule has 1 unspecified atom stereocenters. The first-order valence-electron chi connectivity index (χ1n) is 9.62. The van der Waals surface area contributed by atoms with Crippen molar-refractivity contribution in [3.05, 3.63) is 60.2 Å². The molecule has 2 aromatic carbocycles. The van der Waals surface area contributed by atoms with E-state index in [1.807, 2.05) is 4.90 Å². The van der Waals surface area contributed by atoms with Crippen LogP contribution >= 0.6 is 0 Å². The van der Waals surface area contributed by atoms with Gasteiger partial charge in [-0.2, -0.15) is 0 Å². The van der Waals surface area contributed by atoms with Gasteiger partial charge < -0.3 is 9.64 Å². The van der Waals surface area contributed by atoms with E-state index in [9.17, 15) is 13.2 Å². The molecule has 0 aliphatic carbocycles. The molecular formula is C22H26N2O4S. The Bertz CT molecular complexity index is 984. The Balaban J connectivity index is 1.68. The summed E-state index contributed by atoms with van der Waals surface area (Å²) in [5, 5.41) is 0. The van der Waals surface area contributed by atoms with E-state index in [1.165, 1.54) is 19.2 Å². The van der Waals surface area contributed by atoms with Crippen molar-refractivity contribution in [2.24, 2.45) is 5.92 Å². The summed E-state index contributed by atoms with van der Waals surface area (Å²) < 4.78 is 33.0. The summed E-state index contributed by atoms with van der Waals surface area (Å²) in [6.45, 7) is 3.73. The van der Waals surface area contributed by atoms with Crippen molar-refractivity contribution in [2.75, 3.05) is 24.9 Å². The standard InChI is InChI=1S/C22H26N2O4S/c1-17-6-5-15-24(16-17)22(25)14-11-18-9-12-19(13-10-18)29(26,27)23-20-7-3-4-8-21(20)28-2/h3-4,7-14,17,23H,5-6,15-16H2,1-2H3/b14-11+. The predicted octanol–water partition coefficient (Wildman–Crippen LogP) is 3.77. The Morgan fingerprint density at radius 1 is 1.17 bits per heavy atom. The SMILES string of the molecule is COc1ccccc1NS(=O)(=O)c1ccc(/C=C/C(=O)N2CCCC(C)C2)cc1. The van der Waals surface area contributed by atoms with Crippen molar-refractivity contribution in [1.29, 1.82) is 0 Å². The van der Waals surface area contributed by atoms with E-state index in [0.717, 1.165) is 31.5 Å². The third kappa shape index (κ3) is 5.38. The second kappa shape index (κ2) is 9.13. The number of sulfonamides is 1. The van der Waals surface area contributed by atoms with E-state index >= 15 is 0 Å². The third-order valence-corrected chi connectivity index (χ3v) is 6.31. The summed E-state index contributed by atoms with van der Waals surface area (Å²) in [6, 6.07) is 13.2. The highest BCUT2D eigenvalue weighted by molar-refractivity contribution is 7.92. The van der Waals surface area contributed by atoms with Crippen LogP contribution in [0.4, 0.5) is 5.69 Å². The number of benzene rings is 2. The van der Waals surface area contributed by atoms with E-state index < -0.39 is 10.0 Å². The number of carbonyl (C=O) groups is 1. The normalized spacial score (nSPS) is 17.3. The number of amides is 1. The second-order valence-electron chi connectivity index (χ2n) is 7.24. The van der Waals surface area contributed by atoms with Crippen LogP contribution in [0.15, 0.2) is 59.5 Å².